The van der Waals surface area contributed by atoms with Gasteiger partial charge in [-0.2, -0.15) is 0 Å². The zero-order valence-electron chi connectivity index (χ0n) is 10.6. The van der Waals surface area contributed by atoms with Crippen LogP contribution in [0.25, 0.3) is 0 Å². The maximum absolute atomic E-state index is 13.4. The average Bonchev–Trinajstić information content (AvgIpc) is 2.32. The fraction of sp³-hybridized carbons (Fsp3) is 0.500. The molecule has 1 aromatic carbocycles. The summed E-state index contributed by atoms with van der Waals surface area (Å²) in [5.41, 5.74) is -0.512. The number of nitrogens with one attached hydrogen (secondary N) is 1. The molecule has 0 aliphatic rings. The van der Waals surface area contributed by atoms with E-state index in [1.807, 2.05) is 20.8 Å². The fourth-order valence-electron chi connectivity index (χ4n) is 1.42. The average molecular weight is 338 g/mol. The Balaban J connectivity index is 3.10. The summed E-state index contributed by atoms with van der Waals surface area (Å²) in [4.78, 5) is -0.0590. The van der Waals surface area contributed by atoms with Gasteiger partial charge in [-0.25, -0.2) is 17.5 Å². The zero-order chi connectivity index (χ0) is 14.0. The molecule has 0 saturated carbocycles. The minimum absolute atomic E-state index is 0.0590. The molecule has 0 radical (unpaired) electrons. The van der Waals surface area contributed by atoms with Crippen LogP contribution in [0.5, 0.6) is 0 Å². The Bertz CT molecular complexity index is 527. The van der Waals surface area contributed by atoms with Crippen LogP contribution in [0.2, 0.25) is 0 Å². The van der Waals surface area contributed by atoms with Gasteiger partial charge in [0.15, 0.2) is 0 Å². The Morgan fingerprint density at radius 3 is 2.33 bits per heavy atom. The second-order valence-corrected chi connectivity index (χ2v) is 6.99. The van der Waals surface area contributed by atoms with Crippen molar-refractivity contribution in [3.63, 3.8) is 0 Å². The predicted octanol–water partition coefficient (Wildman–Crippen LogP) is 3.45. The Labute approximate surface area is 116 Å². The van der Waals surface area contributed by atoms with Crippen LogP contribution < -0.4 is 4.72 Å². The van der Waals surface area contributed by atoms with E-state index in [-0.39, 0.29) is 9.37 Å². The highest BCUT2D eigenvalue weighted by atomic mass is 79.9. The standard InChI is InChI=1S/C12H17BrFNO2S/c1-4-12(3,5-2)15-18(16,17)9-6-7-10(13)11(14)8-9/h6-8,15H,4-5H2,1-3H3. The minimum Gasteiger partial charge on any atom is -0.207 e. The first-order valence-electron chi connectivity index (χ1n) is 5.73. The van der Waals surface area contributed by atoms with Gasteiger partial charge < -0.3 is 0 Å². The van der Waals surface area contributed by atoms with Gasteiger partial charge in [-0.05, 0) is 53.9 Å². The van der Waals surface area contributed by atoms with Crippen LogP contribution in [-0.4, -0.2) is 14.0 Å². The molecule has 0 aliphatic heterocycles. The molecule has 3 nitrogen and oxygen atoms in total. The summed E-state index contributed by atoms with van der Waals surface area (Å²) in [5.74, 6) is -0.590. The molecule has 1 aromatic rings. The van der Waals surface area contributed by atoms with Crippen molar-refractivity contribution in [1.82, 2.24) is 4.72 Å². The van der Waals surface area contributed by atoms with Gasteiger partial charge in [0.05, 0.1) is 9.37 Å². The van der Waals surface area contributed by atoms with Gasteiger partial charge in [0.2, 0.25) is 10.0 Å². The van der Waals surface area contributed by atoms with Gasteiger partial charge in [-0.3, -0.25) is 0 Å². The summed E-state index contributed by atoms with van der Waals surface area (Å²) < 4.78 is 40.5. The van der Waals surface area contributed by atoms with Crippen molar-refractivity contribution in [2.75, 3.05) is 0 Å². The molecular formula is C12H17BrFNO2S. The van der Waals surface area contributed by atoms with Gasteiger partial charge in [0, 0.05) is 5.54 Å². The lowest BCUT2D eigenvalue weighted by atomic mass is 9.98. The second kappa shape index (κ2) is 5.67. The maximum Gasteiger partial charge on any atom is 0.241 e. The Hall–Kier alpha value is -0.460. The molecule has 0 amide bonds. The number of benzene rings is 1. The highest BCUT2D eigenvalue weighted by Gasteiger charge is 2.27. The fourth-order valence-corrected chi connectivity index (χ4v) is 3.23. The molecule has 1 N–H and O–H groups in total. The zero-order valence-corrected chi connectivity index (χ0v) is 13.0. The van der Waals surface area contributed by atoms with Gasteiger partial charge in [0.25, 0.3) is 0 Å². The quantitative estimate of drug-likeness (QED) is 0.894. The van der Waals surface area contributed by atoms with E-state index in [1.54, 1.807) is 0 Å². The summed E-state index contributed by atoms with van der Waals surface area (Å²) in [6.45, 7) is 5.65. The summed E-state index contributed by atoms with van der Waals surface area (Å²) in [5, 5.41) is 0. The normalized spacial score (nSPS) is 12.7. The van der Waals surface area contributed by atoms with E-state index in [2.05, 4.69) is 20.7 Å². The van der Waals surface area contributed by atoms with Crippen LogP contribution in [0.4, 0.5) is 4.39 Å². The molecule has 1 rings (SSSR count). The van der Waals surface area contributed by atoms with Gasteiger partial charge in [0.1, 0.15) is 5.82 Å². The number of halogens is 2. The molecule has 6 heteroatoms. The van der Waals surface area contributed by atoms with Crippen LogP contribution in [0.3, 0.4) is 0 Å². The summed E-state index contributed by atoms with van der Waals surface area (Å²) in [6, 6.07) is 3.78. The van der Waals surface area contributed by atoms with Crippen molar-refractivity contribution < 1.29 is 12.8 Å². The highest BCUT2D eigenvalue weighted by Crippen LogP contribution is 2.22. The molecule has 0 atom stereocenters. The Kier molecular flexibility index (Phi) is 4.91. The smallest absolute Gasteiger partial charge is 0.207 e. The first-order valence-corrected chi connectivity index (χ1v) is 8.01. The van der Waals surface area contributed by atoms with Crippen LogP contribution in [0.15, 0.2) is 27.6 Å². The van der Waals surface area contributed by atoms with Crippen LogP contribution >= 0.6 is 15.9 Å². The van der Waals surface area contributed by atoms with Crippen molar-refractivity contribution in [2.24, 2.45) is 0 Å². The van der Waals surface area contributed by atoms with Crippen molar-refractivity contribution in [3.8, 4) is 0 Å². The van der Waals surface area contributed by atoms with E-state index in [0.29, 0.717) is 12.8 Å². The molecule has 18 heavy (non-hydrogen) atoms. The molecule has 0 fully saturated rings. The molecule has 102 valence electrons. The molecule has 0 saturated heterocycles. The van der Waals surface area contributed by atoms with Crippen molar-refractivity contribution in [1.29, 1.82) is 0 Å². The topological polar surface area (TPSA) is 46.2 Å². The lowest BCUT2D eigenvalue weighted by Gasteiger charge is -2.27. The SMILES string of the molecule is CCC(C)(CC)NS(=O)(=O)c1ccc(Br)c(F)c1. The minimum atomic E-state index is -3.69. The molecule has 0 bridgehead atoms. The van der Waals surface area contributed by atoms with E-state index >= 15 is 0 Å². The third-order valence-corrected chi connectivity index (χ3v) is 5.42. The first kappa shape index (κ1) is 15.6. The molecule has 0 heterocycles. The molecular weight excluding hydrogens is 321 g/mol. The number of hydrogen-bond acceptors (Lipinski definition) is 2. The lowest BCUT2D eigenvalue weighted by molar-refractivity contribution is 0.388. The second-order valence-electron chi connectivity index (χ2n) is 4.45. The summed E-state index contributed by atoms with van der Waals surface area (Å²) >= 11 is 2.99. The number of sulfonamides is 1. The van der Waals surface area contributed by atoms with E-state index in [0.717, 1.165) is 6.07 Å². The van der Waals surface area contributed by atoms with E-state index < -0.39 is 21.4 Å². The lowest BCUT2D eigenvalue weighted by Crippen LogP contribution is -2.44. The van der Waals surface area contributed by atoms with E-state index in [4.69, 9.17) is 0 Å². The van der Waals surface area contributed by atoms with E-state index in [1.165, 1.54) is 12.1 Å². The molecule has 0 aromatic heterocycles. The number of hydrogen-bond donors (Lipinski definition) is 1. The van der Waals surface area contributed by atoms with Crippen molar-refractivity contribution in [3.05, 3.63) is 28.5 Å². The molecule has 0 aliphatic carbocycles. The van der Waals surface area contributed by atoms with Crippen molar-refractivity contribution >= 4 is 26.0 Å². The highest BCUT2D eigenvalue weighted by molar-refractivity contribution is 9.10. The predicted molar refractivity (Wildman–Crippen MR) is 73.4 cm³/mol. The Morgan fingerprint density at radius 2 is 1.89 bits per heavy atom. The molecule has 0 spiro atoms. The van der Waals surface area contributed by atoms with E-state index in [9.17, 15) is 12.8 Å². The van der Waals surface area contributed by atoms with Gasteiger partial charge in [-0.1, -0.05) is 13.8 Å². The van der Waals surface area contributed by atoms with Crippen LogP contribution in [0, 0.1) is 5.82 Å². The van der Waals surface area contributed by atoms with Crippen molar-refractivity contribution in [2.45, 2.75) is 44.0 Å². The monoisotopic (exact) mass is 337 g/mol. The third-order valence-electron chi connectivity index (χ3n) is 3.14. The van der Waals surface area contributed by atoms with Gasteiger partial charge >= 0.3 is 0 Å². The summed E-state index contributed by atoms with van der Waals surface area (Å²) in [6.07, 6.45) is 1.34. The Morgan fingerprint density at radius 1 is 1.33 bits per heavy atom. The first-order chi connectivity index (χ1) is 8.24. The number of rotatable bonds is 5. The van der Waals surface area contributed by atoms with Crippen LogP contribution in [0.1, 0.15) is 33.6 Å². The maximum atomic E-state index is 13.4. The third kappa shape index (κ3) is 3.52. The largest absolute Gasteiger partial charge is 0.241 e. The van der Waals surface area contributed by atoms with Gasteiger partial charge in [-0.15, -0.1) is 0 Å². The van der Waals surface area contributed by atoms with Crippen LogP contribution in [-0.2, 0) is 10.0 Å². The molecule has 0 unspecified atom stereocenters. The summed E-state index contributed by atoms with van der Waals surface area (Å²) in [7, 11) is -3.69.